The number of rotatable bonds is 5. The van der Waals surface area contributed by atoms with E-state index < -0.39 is 0 Å². The lowest BCUT2D eigenvalue weighted by atomic mass is 9.96. The van der Waals surface area contributed by atoms with E-state index in [2.05, 4.69) is 42.6 Å². The van der Waals surface area contributed by atoms with Crippen molar-refractivity contribution in [3.63, 3.8) is 0 Å². The topological polar surface area (TPSA) is 71.5 Å². The van der Waals surface area contributed by atoms with Crippen LogP contribution in [0.4, 0.5) is 5.82 Å². The Bertz CT molecular complexity index is 609. The van der Waals surface area contributed by atoms with E-state index in [0.29, 0.717) is 5.92 Å². The predicted octanol–water partition coefficient (Wildman–Crippen LogP) is 1.74. The van der Waals surface area contributed by atoms with Gasteiger partial charge in [-0.1, -0.05) is 0 Å². The molecular formula is C12H17BrN6S. The lowest BCUT2D eigenvalue weighted by Crippen LogP contribution is -2.48. The SMILES string of the molecule is Cc1c(Br)cn2ncnc(N3CC(CCNSN)C3)c12. The number of hydrogen-bond acceptors (Lipinski definition) is 6. The van der Waals surface area contributed by atoms with E-state index in [1.807, 2.05) is 10.7 Å². The van der Waals surface area contributed by atoms with Gasteiger partial charge in [-0.3, -0.25) is 9.86 Å². The molecule has 0 spiro atoms. The summed E-state index contributed by atoms with van der Waals surface area (Å²) < 4.78 is 6.04. The fourth-order valence-corrected chi connectivity index (χ4v) is 3.21. The van der Waals surface area contributed by atoms with Crippen LogP contribution in [-0.2, 0) is 0 Å². The number of nitrogens with two attached hydrogens (primary N) is 1. The fourth-order valence-electron chi connectivity index (χ4n) is 2.59. The van der Waals surface area contributed by atoms with Crippen molar-refractivity contribution in [2.45, 2.75) is 13.3 Å². The quantitative estimate of drug-likeness (QED) is 0.628. The Morgan fingerprint density at radius 2 is 2.35 bits per heavy atom. The molecule has 0 amide bonds. The average molecular weight is 357 g/mol. The van der Waals surface area contributed by atoms with Gasteiger partial charge in [0.05, 0.1) is 0 Å². The molecule has 6 nitrogen and oxygen atoms in total. The third kappa shape index (κ3) is 2.52. The highest BCUT2D eigenvalue weighted by Crippen LogP contribution is 2.32. The average Bonchev–Trinajstić information content (AvgIpc) is 2.68. The number of anilines is 1. The maximum absolute atomic E-state index is 5.34. The molecule has 0 bridgehead atoms. The summed E-state index contributed by atoms with van der Waals surface area (Å²) in [6.45, 7) is 5.14. The summed E-state index contributed by atoms with van der Waals surface area (Å²) in [6, 6.07) is 0. The largest absolute Gasteiger partial charge is 0.354 e. The van der Waals surface area contributed by atoms with E-state index >= 15 is 0 Å². The molecule has 1 aliphatic rings. The standard InChI is InChI=1S/C12H17BrN6S/c1-8-10(13)6-19-11(8)12(15-7-16-19)18-4-9(5-18)2-3-17-20-14/h6-7,9,17H,2-5,14H2,1H3. The minimum atomic E-state index is 0.711. The van der Waals surface area contributed by atoms with Gasteiger partial charge >= 0.3 is 0 Å². The molecule has 0 aromatic carbocycles. The van der Waals surface area contributed by atoms with Crippen molar-refractivity contribution in [1.82, 2.24) is 19.3 Å². The van der Waals surface area contributed by atoms with Crippen molar-refractivity contribution >= 4 is 39.4 Å². The number of aromatic nitrogens is 3. The molecule has 0 saturated carbocycles. The molecular weight excluding hydrogens is 340 g/mol. The van der Waals surface area contributed by atoms with E-state index in [0.717, 1.165) is 41.9 Å². The van der Waals surface area contributed by atoms with Gasteiger partial charge in [-0.05, 0) is 40.8 Å². The van der Waals surface area contributed by atoms with E-state index in [9.17, 15) is 0 Å². The van der Waals surface area contributed by atoms with Crippen LogP contribution >= 0.6 is 28.1 Å². The first-order valence-electron chi connectivity index (χ1n) is 6.52. The van der Waals surface area contributed by atoms with Gasteiger partial charge in [0.2, 0.25) is 0 Å². The van der Waals surface area contributed by atoms with Gasteiger partial charge in [-0.15, -0.1) is 0 Å². The summed E-state index contributed by atoms with van der Waals surface area (Å²) in [5.41, 5.74) is 2.28. The first kappa shape index (κ1) is 14.1. The summed E-state index contributed by atoms with van der Waals surface area (Å²) in [7, 11) is 0. The number of nitrogens with one attached hydrogen (secondary N) is 1. The Hall–Kier alpha value is -0.830. The molecule has 3 N–H and O–H groups in total. The molecule has 1 aliphatic heterocycles. The molecule has 2 aromatic heterocycles. The summed E-state index contributed by atoms with van der Waals surface area (Å²) in [5, 5.41) is 9.61. The zero-order valence-electron chi connectivity index (χ0n) is 11.2. The Labute approximate surface area is 130 Å². The van der Waals surface area contributed by atoms with Gasteiger partial charge in [0.15, 0.2) is 5.82 Å². The highest BCUT2D eigenvalue weighted by atomic mass is 79.9. The number of hydrogen-bond donors (Lipinski definition) is 2. The van der Waals surface area contributed by atoms with Crippen LogP contribution in [0.25, 0.3) is 5.52 Å². The van der Waals surface area contributed by atoms with Crippen LogP contribution in [0, 0.1) is 12.8 Å². The Kier molecular flexibility index (Phi) is 4.16. The second-order valence-electron chi connectivity index (χ2n) is 5.05. The molecule has 108 valence electrons. The van der Waals surface area contributed by atoms with Gasteiger partial charge in [0.25, 0.3) is 0 Å². The summed E-state index contributed by atoms with van der Waals surface area (Å²) >= 11 is 4.75. The highest BCUT2D eigenvalue weighted by Gasteiger charge is 2.29. The van der Waals surface area contributed by atoms with E-state index in [4.69, 9.17) is 5.14 Å². The molecule has 0 aliphatic carbocycles. The van der Waals surface area contributed by atoms with Crippen LogP contribution in [0.5, 0.6) is 0 Å². The van der Waals surface area contributed by atoms with Crippen molar-refractivity contribution in [1.29, 1.82) is 0 Å². The Balaban J connectivity index is 1.73. The van der Waals surface area contributed by atoms with Crippen molar-refractivity contribution in [3.8, 4) is 0 Å². The van der Waals surface area contributed by atoms with Crippen molar-refractivity contribution in [2.75, 3.05) is 24.5 Å². The molecule has 20 heavy (non-hydrogen) atoms. The molecule has 0 unspecified atom stereocenters. The van der Waals surface area contributed by atoms with Crippen molar-refractivity contribution in [2.24, 2.45) is 11.1 Å². The zero-order chi connectivity index (χ0) is 14.1. The number of halogens is 1. The van der Waals surface area contributed by atoms with Crippen LogP contribution in [0.15, 0.2) is 17.0 Å². The zero-order valence-corrected chi connectivity index (χ0v) is 13.6. The van der Waals surface area contributed by atoms with E-state index in [1.54, 1.807) is 6.33 Å². The van der Waals surface area contributed by atoms with Gasteiger partial charge < -0.3 is 4.90 Å². The molecule has 1 fully saturated rings. The van der Waals surface area contributed by atoms with Gasteiger partial charge in [-0.2, -0.15) is 5.10 Å². The number of fused-ring (bicyclic) bond motifs is 1. The second kappa shape index (κ2) is 5.88. The van der Waals surface area contributed by atoms with Crippen LogP contribution < -0.4 is 14.8 Å². The van der Waals surface area contributed by atoms with Gasteiger partial charge in [0, 0.05) is 42.4 Å². The minimum absolute atomic E-state index is 0.711. The van der Waals surface area contributed by atoms with E-state index in [-0.39, 0.29) is 0 Å². The maximum Gasteiger partial charge on any atom is 0.156 e. The molecule has 1 saturated heterocycles. The van der Waals surface area contributed by atoms with Crippen molar-refractivity contribution in [3.05, 3.63) is 22.6 Å². The van der Waals surface area contributed by atoms with Gasteiger partial charge in [-0.25, -0.2) is 9.50 Å². The smallest absolute Gasteiger partial charge is 0.156 e. The van der Waals surface area contributed by atoms with Crippen LogP contribution in [0.3, 0.4) is 0 Å². The summed E-state index contributed by atoms with van der Waals surface area (Å²) in [4.78, 5) is 6.78. The highest BCUT2D eigenvalue weighted by molar-refractivity contribution is 9.10. The first-order chi connectivity index (χ1) is 9.70. The third-order valence-corrected chi connectivity index (χ3v) is 4.91. The first-order valence-corrected chi connectivity index (χ1v) is 8.20. The minimum Gasteiger partial charge on any atom is -0.354 e. The molecule has 8 heteroatoms. The van der Waals surface area contributed by atoms with Gasteiger partial charge in [0.1, 0.15) is 11.8 Å². The van der Waals surface area contributed by atoms with Crippen LogP contribution in [0.1, 0.15) is 12.0 Å². The Morgan fingerprint density at radius 3 is 3.10 bits per heavy atom. The summed E-state index contributed by atoms with van der Waals surface area (Å²) in [5.74, 6) is 1.74. The number of nitrogens with zero attached hydrogens (tertiary/aromatic N) is 4. The fraction of sp³-hybridized carbons (Fsp3) is 0.500. The second-order valence-corrected chi connectivity index (χ2v) is 6.43. The lowest BCUT2D eigenvalue weighted by Gasteiger charge is -2.40. The van der Waals surface area contributed by atoms with E-state index in [1.165, 1.54) is 17.7 Å². The van der Waals surface area contributed by atoms with Crippen LogP contribution in [-0.4, -0.2) is 34.2 Å². The predicted molar refractivity (Wildman–Crippen MR) is 85.5 cm³/mol. The van der Waals surface area contributed by atoms with Crippen molar-refractivity contribution < 1.29 is 0 Å². The maximum atomic E-state index is 5.34. The molecule has 0 radical (unpaired) electrons. The van der Waals surface area contributed by atoms with Crippen LogP contribution in [0.2, 0.25) is 0 Å². The normalized spacial score (nSPS) is 15.8. The molecule has 2 aromatic rings. The monoisotopic (exact) mass is 356 g/mol. The lowest BCUT2D eigenvalue weighted by molar-refractivity contribution is 0.383. The molecule has 3 rings (SSSR count). The summed E-state index contributed by atoms with van der Waals surface area (Å²) in [6.07, 6.45) is 4.75. The number of aryl methyl sites for hydroxylation is 1. The molecule has 0 atom stereocenters. The third-order valence-electron chi connectivity index (χ3n) is 3.74. The Morgan fingerprint density at radius 1 is 1.55 bits per heavy atom. The molecule has 3 heterocycles.